The smallest absolute Gasteiger partial charge is 0.231 e. The largest absolute Gasteiger partial charge is 0.315 e. The van der Waals surface area contributed by atoms with Crippen LogP contribution in [0.15, 0.2) is 42.0 Å². The van der Waals surface area contributed by atoms with Crippen molar-refractivity contribution in [2.75, 3.05) is 18.4 Å². The Balaban J connectivity index is 0.00000210. The van der Waals surface area contributed by atoms with Gasteiger partial charge in [-0.2, -0.15) is 5.10 Å². The van der Waals surface area contributed by atoms with Crippen LogP contribution in [0.3, 0.4) is 0 Å². The summed E-state index contributed by atoms with van der Waals surface area (Å²) in [4.78, 5) is 17.2. The summed E-state index contributed by atoms with van der Waals surface area (Å²) in [7, 11) is 1.87. The van der Waals surface area contributed by atoms with Gasteiger partial charge in [0.25, 0.3) is 0 Å². The highest BCUT2D eigenvalue weighted by Crippen LogP contribution is 2.30. The van der Waals surface area contributed by atoms with Crippen molar-refractivity contribution in [2.45, 2.75) is 5.92 Å². The Hall–Kier alpha value is -2.29. The van der Waals surface area contributed by atoms with Crippen molar-refractivity contribution in [3.05, 3.63) is 53.4 Å². The molecule has 142 valence electrons. The van der Waals surface area contributed by atoms with Crippen molar-refractivity contribution in [3.8, 4) is 11.3 Å². The second-order valence-corrected chi connectivity index (χ2v) is 7.21. The van der Waals surface area contributed by atoms with E-state index in [0.717, 1.165) is 12.1 Å². The van der Waals surface area contributed by atoms with E-state index >= 15 is 0 Å². The third kappa shape index (κ3) is 4.18. The number of nitrogens with one attached hydrogen (secondary N) is 2. The van der Waals surface area contributed by atoms with Gasteiger partial charge in [-0.05, 0) is 17.7 Å². The summed E-state index contributed by atoms with van der Waals surface area (Å²) in [6, 6.07) is 6.26. The molecule has 4 rings (SSSR count). The minimum atomic E-state index is -0.308. The van der Waals surface area contributed by atoms with Gasteiger partial charge in [-0.15, -0.1) is 23.7 Å². The second-order valence-electron chi connectivity index (χ2n) is 6.36. The molecule has 0 radical (unpaired) electrons. The van der Waals surface area contributed by atoms with E-state index in [1.807, 2.05) is 24.8 Å². The molecule has 1 saturated heterocycles. The van der Waals surface area contributed by atoms with E-state index in [1.54, 1.807) is 16.8 Å². The fraction of sp³-hybridized carbons (Fsp3) is 0.278. The Morgan fingerprint density at radius 1 is 1.41 bits per heavy atom. The molecule has 0 saturated carbocycles. The first-order chi connectivity index (χ1) is 12.6. The lowest BCUT2D eigenvalue weighted by Gasteiger charge is -2.15. The van der Waals surface area contributed by atoms with Gasteiger partial charge in [0.15, 0.2) is 5.13 Å². The fourth-order valence-electron chi connectivity index (χ4n) is 3.25. The standard InChI is InChI=1S/C18H18FN5OS.ClH/c1-24-9-12(6-21-24)14-7-20-8-15(14)17(25)23-18-22-16(10-26-18)11-3-2-4-13(19)5-11;/h2-6,9-10,14-15,20H,7-8H2,1H3,(H,22,23,25);1H/t14-,15+;/m1./s1. The van der Waals surface area contributed by atoms with Crippen LogP contribution in [0.1, 0.15) is 11.5 Å². The molecular formula is C18H19ClFN5OS. The van der Waals surface area contributed by atoms with Crippen molar-refractivity contribution < 1.29 is 9.18 Å². The monoisotopic (exact) mass is 407 g/mol. The molecule has 3 heterocycles. The number of aromatic nitrogens is 3. The normalized spacial score (nSPS) is 18.9. The minimum absolute atomic E-state index is 0. The number of thiazole rings is 1. The summed E-state index contributed by atoms with van der Waals surface area (Å²) >= 11 is 1.34. The maximum Gasteiger partial charge on any atom is 0.231 e. The molecule has 0 spiro atoms. The first-order valence-electron chi connectivity index (χ1n) is 8.32. The van der Waals surface area contributed by atoms with Gasteiger partial charge in [-0.25, -0.2) is 9.37 Å². The quantitative estimate of drug-likeness (QED) is 0.697. The van der Waals surface area contributed by atoms with Crippen LogP contribution < -0.4 is 10.6 Å². The molecule has 0 aliphatic carbocycles. The van der Waals surface area contributed by atoms with Gasteiger partial charge in [-0.1, -0.05) is 12.1 Å². The van der Waals surface area contributed by atoms with Crippen LogP contribution in [0, 0.1) is 11.7 Å². The molecule has 2 aromatic heterocycles. The topological polar surface area (TPSA) is 71.8 Å². The van der Waals surface area contributed by atoms with Crippen molar-refractivity contribution >= 4 is 34.8 Å². The number of rotatable bonds is 4. The van der Waals surface area contributed by atoms with Gasteiger partial charge < -0.3 is 10.6 Å². The van der Waals surface area contributed by atoms with Crippen molar-refractivity contribution in [1.29, 1.82) is 0 Å². The zero-order chi connectivity index (χ0) is 18.1. The van der Waals surface area contributed by atoms with Gasteiger partial charge in [0.2, 0.25) is 5.91 Å². The van der Waals surface area contributed by atoms with Crippen molar-refractivity contribution in [3.63, 3.8) is 0 Å². The Kier molecular flexibility index (Phi) is 5.88. The SMILES string of the molecule is Cl.Cn1cc([C@H]2CNC[C@@H]2C(=O)Nc2nc(-c3cccc(F)c3)cs2)cn1. The number of hydrogen-bond acceptors (Lipinski definition) is 5. The van der Waals surface area contributed by atoms with Crippen LogP contribution in [0.25, 0.3) is 11.3 Å². The van der Waals surface area contributed by atoms with Crippen LogP contribution in [0.2, 0.25) is 0 Å². The highest BCUT2D eigenvalue weighted by molar-refractivity contribution is 7.14. The number of amides is 1. The number of anilines is 1. The van der Waals surface area contributed by atoms with Crippen LogP contribution in [-0.2, 0) is 11.8 Å². The zero-order valence-electron chi connectivity index (χ0n) is 14.6. The summed E-state index contributed by atoms with van der Waals surface area (Å²) < 4.78 is 15.1. The summed E-state index contributed by atoms with van der Waals surface area (Å²) in [6.45, 7) is 1.36. The first-order valence-corrected chi connectivity index (χ1v) is 9.20. The molecule has 6 nitrogen and oxygen atoms in total. The van der Waals surface area contributed by atoms with Gasteiger partial charge in [0.05, 0.1) is 17.8 Å². The molecular weight excluding hydrogens is 389 g/mol. The van der Waals surface area contributed by atoms with E-state index in [-0.39, 0.29) is 36.0 Å². The summed E-state index contributed by atoms with van der Waals surface area (Å²) in [5, 5.41) is 12.7. The number of carbonyl (C=O) groups excluding carboxylic acids is 1. The Morgan fingerprint density at radius 3 is 3.00 bits per heavy atom. The van der Waals surface area contributed by atoms with E-state index in [9.17, 15) is 9.18 Å². The highest BCUT2D eigenvalue weighted by Gasteiger charge is 2.35. The van der Waals surface area contributed by atoms with Crippen molar-refractivity contribution in [1.82, 2.24) is 20.1 Å². The molecule has 0 unspecified atom stereocenters. The lowest BCUT2D eigenvalue weighted by molar-refractivity contribution is -0.119. The van der Waals surface area contributed by atoms with Gasteiger partial charge in [0, 0.05) is 43.2 Å². The average molecular weight is 408 g/mol. The summed E-state index contributed by atoms with van der Waals surface area (Å²) in [5.41, 5.74) is 2.40. The van der Waals surface area contributed by atoms with Crippen molar-refractivity contribution in [2.24, 2.45) is 13.0 Å². The molecule has 1 aliphatic rings. The number of nitrogens with zero attached hydrogens (tertiary/aromatic N) is 3. The van der Waals surface area contributed by atoms with E-state index in [4.69, 9.17) is 0 Å². The van der Waals surface area contributed by atoms with Gasteiger partial charge in [0.1, 0.15) is 5.82 Å². The maximum absolute atomic E-state index is 13.4. The third-order valence-electron chi connectivity index (χ3n) is 4.56. The van der Waals surface area contributed by atoms with E-state index < -0.39 is 0 Å². The van der Waals surface area contributed by atoms with E-state index in [0.29, 0.717) is 22.9 Å². The molecule has 3 aromatic rings. The van der Waals surface area contributed by atoms with Gasteiger partial charge >= 0.3 is 0 Å². The third-order valence-corrected chi connectivity index (χ3v) is 5.32. The van der Waals surface area contributed by atoms with E-state index in [1.165, 1.54) is 23.5 Å². The van der Waals surface area contributed by atoms with E-state index in [2.05, 4.69) is 20.7 Å². The molecule has 2 atom stereocenters. The molecule has 1 aromatic carbocycles. The molecule has 27 heavy (non-hydrogen) atoms. The predicted octanol–water partition coefficient (Wildman–Crippen LogP) is 3.05. The minimum Gasteiger partial charge on any atom is -0.315 e. The highest BCUT2D eigenvalue weighted by atomic mass is 35.5. The lowest BCUT2D eigenvalue weighted by Crippen LogP contribution is -2.28. The Bertz CT molecular complexity index is 943. The van der Waals surface area contributed by atoms with Crippen LogP contribution in [0.4, 0.5) is 9.52 Å². The number of benzene rings is 1. The average Bonchev–Trinajstić information content (AvgIpc) is 3.34. The molecule has 1 aliphatic heterocycles. The number of hydrogen-bond donors (Lipinski definition) is 2. The Labute approximate surface area is 166 Å². The molecule has 2 N–H and O–H groups in total. The number of carbonyl (C=O) groups is 1. The maximum atomic E-state index is 13.4. The van der Waals surface area contributed by atoms with Crippen LogP contribution in [-0.4, -0.2) is 33.8 Å². The zero-order valence-corrected chi connectivity index (χ0v) is 16.2. The molecule has 0 bridgehead atoms. The van der Waals surface area contributed by atoms with Gasteiger partial charge in [-0.3, -0.25) is 9.48 Å². The molecule has 1 fully saturated rings. The Morgan fingerprint density at radius 2 is 2.26 bits per heavy atom. The molecule has 1 amide bonds. The number of aryl methyl sites for hydroxylation is 1. The first kappa shape index (κ1) is 19.5. The lowest BCUT2D eigenvalue weighted by atomic mass is 9.90. The van der Waals surface area contributed by atoms with Crippen LogP contribution >= 0.6 is 23.7 Å². The van der Waals surface area contributed by atoms with Crippen LogP contribution in [0.5, 0.6) is 0 Å². The summed E-state index contributed by atoms with van der Waals surface area (Å²) in [5.74, 6) is -0.464. The fourth-order valence-corrected chi connectivity index (χ4v) is 3.97. The second kappa shape index (κ2) is 8.16. The number of halogens is 2. The summed E-state index contributed by atoms with van der Waals surface area (Å²) in [6.07, 6.45) is 3.76. The predicted molar refractivity (Wildman–Crippen MR) is 106 cm³/mol. The molecule has 9 heteroatoms.